The number of ether oxygens (including phenoxy) is 2. The molecule has 2 unspecified atom stereocenters. The minimum Gasteiger partial charge on any atom is -0.478 e. The van der Waals surface area contributed by atoms with Crippen molar-refractivity contribution in [3.05, 3.63) is 64.9 Å². The number of carbonyl (C=O) groups is 2. The molecule has 6 rings (SSSR count). The van der Waals surface area contributed by atoms with Gasteiger partial charge in [0.2, 0.25) is 0 Å². The van der Waals surface area contributed by atoms with Gasteiger partial charge >= 0.3 is 18.4 Å². The molecule has 9 nitrogen and oxygen atoms in total. The second-order valence-corrected chi connectivity index (χ2v) is 11.2. The highest BCUT2D eigenvalue weighted by molar-refractivity contribution is 5.93. The Balaban J connectivity index is 1.14. The number of carboxylic acids is 1. The van der Waals surface area contributed by atoms with E-state index in [1.54, 1.807) is 19.1 Å². The maximum Gasteiger partial charge on any atom is 0.573 e. The van der Waals surface area contributed by atoms with E-state index in [1.165, 1.54) is 30.3 Å². The Kier molecular flexibility index (Phi) is 7.34. The topological polar surface area (TPSA) is 114 Å². The molecule has 2 saturated heterocycles. The molecule has 2 atom stereocenters. The normalized spacial score (nSPS) is 21.8. The Labute approximate surface area is 239 Å². The number of benzene rings is 2. The number of alkyl halides is 3. The Morgan fingerprint density at radius 1 is 1.10 bits per heavy atom. The summed E-state index contributed by atoms with van der Waals surface area (Å²) in [5, 5.41) is 16.3. The fourth-order valence-electron chi connectivity index (χ4n) is 6.13. The molecular weight excluding hydrogens is 555 g/mol. The first-order valence-electron chi connectivity index (χ1n) is 14.0. The Hall–Kier alpha value is -4.06. The SMILES string of the molecule is Cc1cc(C(=O)O)ccc1NC(=O)N1C2CCC1CC(OCc1c(-c3ccccc3OC(F)(F)F)noc1C1CC1)C2. The highest BCUT2D eigenvalue weighted by atomic mass is 19.4. The molecule has 0 spiro atoms. The number of hydrogen-bond donors (Lipinski definition) is 2. The fourth-order valence-corrected chi connectivity index (χ4v) is 6.13. The van der Waals surface area contributed by atoms with Crippen LogP contribution in [-0.2, 0) is 11.3 Å². The molecule has 3 aromatic rings. The number of rotatable bonds is 8. The monoisotopic (exact) mass is 585 g/mol. The first-order valence-corrected chi connectivity index (χ1v) is 14.0. The summed E-state index contributed by atoms with van der Waals surface area (Å²) >= 11 is 0. The van der Waals surface area contributed by atoms with Crippen molar-refractivity contribution in [1.82, 2.24) is 10.1 Å². The van der Waals surface area contributed by atoms with E-state index in [9.17, 15) is 27.9 Å². The molecule has 1 aliphatic carbocycles. The lowest BCUT2D eigenvalue weighted by Crippen LogP contribution is -2.50. The second-order valence-electron chi connectivity index (χ2n) is 11.2. The van der Waals surface area contributed by atoms with Crippen LogP contribution in [0.2, 0.25) is 0 Å². The summed E-state index contributed by atoms with van der Waals surface area (Å²) in [5.41, 5.74) is 2.46. The summed E-state index contributed by atoms with van der Waals surface area (Å²) in [5.74, 6) is -0.587. The van der Waals surface area contributed by atoms with Crippen molar-refractivity contribution < 1.29 is 41.9 Å². The number of anilines is 1. The molecule has 3 aliphatic rings. The number of aryl methyl sites for hydroxylation is 1. The zero-order valence-electron chi connectivity index (χ0n) is 22.8. The zero-order valence-corrected chi connectivity index (χ0v) is 22.8. The smallest absolute Gasteiger partial charge is 0.478 e. The second kappa shape index (κ2) is 11.0. The van der Waals surface area contributed by atoms with Gasteiger partial charge in [0.1, 0.15) is 17.2 Å². The predicted octanol–water partition coefficient (Wildman–Crippen LogP) is 6.87. The van der Waals surface area contributed by atoms with Gasteiger partial charge in [-0.05, 0) is 81.3 Å². The summed E-state index contributed by atoms with van der Waals surface area (Å²) in [6.45, 7) is 1.87. The molecular formula is C30H30F3N3O6. The minimum absolute atomic E-state index is 0.0295. The standard InChI is InChI=1S/C30H30F3N3O6/c1-16-12-18(28(37)38)8-11-24(16)34-29(39)36-19-9-10-20(36)14-21(13-19)40-15-23-26(35-42-27(23)17-6-7-17)22-4-2-3-5-25(22)41-30(31,32)33/h2-5,8,11-12,17,19-21H,6-7,9-10,13-15H2,1H3,(H,34,39)(H,37,38). The lowest BCUT2D eigenvalue weighted by molar-refractivity contribution is -0.274. The van der Waals surface area contributed by atoms with Gasteiger partial charge in [0.05, 0.1) is 18.3 Å². The number of fused-ring (bicyclic) bond motifs is 2. The van der Waals surface area contributed by atoms with Crippen LogP contribution in [0.1, 0.15) is 71.7 Å². The van der Waals surface area contributed by atoms with Gasteiger partial charge < -0.3 is 29.3 Å². The first kappa shape index (κ1) is 28.1. The Bertz CT molecular complexity index is 1490. The number of piperidine rings is 1. The number of nitrogens with one attached hydrogen (secondary N) is 1. The maximum absolute atomic E-state index is 13.3. The number of aromatic nitrogens is 1. The summed E-state index contributed by atoms with van der Waals surface area (Å²) in [6.07, 6.45) is -0.264. The highest BCUT2D eigenvalue weighted by Gasteiger charge is 2.44. The summed E-state index contributed by atoms with van der Waals surface area (Å²) < 4.78 is 55.5. The van der Waals surface area contributed by atoms with Gasteiger partial charge in [-0.2, -0.15) is 0 Å². The molecule has 222 valence electrons. The van der Waals surface area contributed by atoms with E-state index in [2.05, 4.69) is 15.2 Å². The van der Waals surface area contributed by atoms with Crippen LogP contribution in [0.4, 0.5) is 23.7 Å². The summed E-state index contributed by atoms with van der Waals surface area (Å²) in [4.78, 5) is 26.3. The van der Waals surface area contributed by atoms with E-state index < -0.39 is 12.3 Å². The fraction of sp³-hybridized carbons (Fsp3) is 0.433. The molecule has 1 aromatic heterocycles. The minimum atomic E-state index is -4.85. The number of amides is 2. The van der Waals surface area contributed by atoms with Crippen LogP contribution in [0.15, 0.2) is 47.0 Å². The van der Waals surface area contributed by atoms with Crippen molar-refractivity contribution >= 4 is 17.7 Å². The van der Waals surface area contributed by atoms with E-state index in [-0.39, 0.29) is 59.3 Å². The number of hydrogen-bond acceptors (Lipinski definition) is 6. The van der Waals surface area contributed by atoms with Gasteiger partial charge in [-0.3, -0.25) is 0 Å². The Morgan fingerprint density at radius 3 is 2.45 bits per heavy atom. The van der Waals surface area contributed by atoms with Crippen molar-refractivity contribution in [2.75, 3.05) is 5.32 Å². The molecule has 12 heteroatoms. The van der Waals surface area contributed by atoms with Gasteiger partial charge in [0, 0.05) is 34.8 Å². The van der Waals surface area contributed by atoms with E-state index in [0.29, 0.717) is 35.4 Å². The number of urea groups is 1. The van der Waals surface area contributed by atoms with Crippen molar-refractivity contribution in [2.24, 2.45) is 0 Å². The van der Waals surface area contributed by atoms with Gasteiger partial charge in [-0.25, -0.2) is 9.59 Å². The first-order chi connectivity index (χ1) is 20.1. The average Bonchev–Trinajstić information content (AvgIpc) is 3.63. The third-order valence-corrected chi connectivity index (χ3v) is 8.24. The van der Waals surface area contributed by atoms with Gasteiger partial charge in [0.15, 0.2) is 0 Å². The highest BCUT2D eigenvalue weighted by Crippen LogP contribution is 2.46. The molecule has 2 aromatic carbocycles. The number of halogens is 3. The summed E-state index contributed by atoms with van der Waals surface area (Å²) in [6, 6.07) is 10.1. The van der Waals surface area contributed by atoms with Crippen LogP contribution >= 0.6 is 0 Å². The number of nitrogens with zero attached hydrogens (tertiary/aromatic N) is 2. The van der Waals surface area contributed by atoms with Crippen LogP contribution in [0.3, 0.4) is 0 Å². The molecule has 2 N–H and O–H groups in total. The van der Waals surface area contributed by atoms with Crippen LogP contribution in [-0.4, -0.2) is 51.7 Å². The van der Waals surface area contributed by atoms with E-state index in [4.69, 9.17) is 9.26 Å². The van der Waals surface area contributed by atoms with E-state index >= 15 is 0 Å². The molecule has 2 amide bonds. The van der Waals surface area contributed by atoms with Crippen molar-refractivity contribution in [3.8, 4) is 17.0 Å². The number of carbonyl (C=O) groups excluding carboxylic acids is 1. The molecule has 3 heterocycles. The van der Waals surface area contributed by atoms with Gasteiger partial charge in [0.25, 0.3) is 0 Å². The maximum atomic E-state index is 13.3. The quantitative estimate of drug-likeness (QED) is 0.297. The van der Waals surface area contributed by atoms with Crippen LogP contribution in [0.5, 0.6) is 5.75 Å². The largest absolute Gasteiger partial charge is 0.573 e. The lowest BCUT2D eigenvalue weighted by Gasteiger charge is -2.38. The van der Waals surface area contributed by atoms with Gasteiger partial charge in [-0.15, -0.1) is 13.2 Å². The van der Waals surface area contributed by atoms with Crippen LogP contribution in [0, 0.1) is 6.92 Å². The van der Waals surface area contributed by atoms with Gasteiger partial charge in [-0.1, -0.05) is 17.3 Å². The van der Waals surface area contributed by atoms with Crippen molar-refractivity contribution in [2.45, 2.75) is 82.5 Å². The zero-order chi connectivity index (χ0) is 29.6. The predicted molar refractivity (Wildman–Crippen MR) is 144 cm³/mol. The lowest BCUT2D eigenvalue weighted by atomic mass is 9.99. The van der Waals surface area contributed by atoms with Crippen molar-refractivity contribution in [1.29, 1.82) is 0 Å². The van der Waals surface area contributed by atoms with E-state index in [0.717, 1.165) is 25.7 Å². The molecule has 0 radical (unpaired) electrons. The number of carboxylic acid groups (broad SMARTS) is 1. The van der Waals surface area contributed by atoms with Crippen molar-refractivity contribution in [3.63, 3.8) is 0 Å². The molecule has 2 aliphatic heterocycles. The average molecular weight is 586 g/mol. The Morgan fingerprint density at radius 2 is 1.81 bits per heavy atom. The molecule has 1 saturated carbocycles. The number of para-hydroxylation sites is 1. The van der Waals surface area contributed by atoms with Crippen LogP contribution < -0.4 is 10.1 Å². The molecule has 42 heavy (non-hydrogen) atoms. The van der Waals surface area contributed by atoms with E-state index in [1.807, 2.05) is 4.90 Å². The molecule has 2 bridgehead atoms. The third kappa shape index (κ3) is 5.80. The summed E-state index contributed by atoms with van der Waals surface area (Å²) in [7, 11) is 0. The molecule has 3 fully saturated rings. The third-order valence-electron chi connectivity index (χ3n) is 8.24. The van der Waals surface area contributed by atoms with Crippen LogP contribution in [0.25, 0.3) is 11.3 Å². The number of aromatic carboxylic acids is 1.